The number of nitro benzene ring substituents is 1. The van der Waals surface area contributed by atoms with Gasteiger partial charge in [-0.1, -0.05) is 0 Å². The molecule has 0 amide bonds. The highest BCUT2D eigenvalue weighted by Crippen LogP contribution is 2.35. The second kappa shape index (κ2) is 6.58. The van der Waals surface area contributed by atoms with E-state index in [1.807, 2.05) is 29.8 Å². The molecule has 0 spiro atoms. The average Bonchev–Trinajstić information content (AvgIpc) is 3.13. The fraction of sp³-hybridized carbons (Fsp3) is 0.278. The Labute approximate surface area is 160 Å². The molecule has 138 valence electrons. The van der Waals surface area contributed by atoms with Crippen LogP contribution in [0, 0.1) is 14.9 Å². The normalized spacial score (nSPS) is 15.8. The lowest BCUT2D eigenvalue weighted by molar-refractivity contribution is -0.384. The maximum atomic E-state index is 11.0. The van der Waals surface area contributed by atoms with Crippen LogP contribution in [0.4, 0.5) is 11.4 Å². The zero-order valence-corrected chi connectivity index (χ0v) is 15.8. The number of hydrogen-bond donors (Lipinski definition) is 0. The van der Waals surface area contributed by atoms with Gasteiger partial charge in [0.25, 0.3) is 5.69 Å². The minimum absolute atomic E-state index is 0.121. The first-order valence-corrected chi connectivity index (χ1v) is 8.94. The van der Waals surface area contributed by atoms with Crippen molar-refractivity contribution in [2.24, 2.45) is 7.05 Å². The summed E-state index contributed by atoms with van der Waals surface area (Å²) in [4.78, 5) is 17.0. The Hall–Kier alpha value is -3.07. The van der Waals surface area contributed by atoms with E-state index in [0.717, 1.165) is 29.1 Å². The molecule has 0 unspecified atom stereocenters. The van der Waals surface area contributed by atoms with Gasteiger partial charge < -0.3 is 9.47 Å². The maximum Gasteiger partial charge on any atom is 0.269 e. The molecule has 4 rings (SSSR count). The zero-order valence-electron chi connectivity index (χ0n) is 14.9. The van der Waals surface area contributed by atoms with E-state index in [1.54, 1.807) is 29.2 Å². The van der Waals surface area contributed by atoms with Gasteiger partial charge in [0.2, 0.25) is 0 Å². The fourth-order valence-electron chi connectivity index (χ4n) is 3.48. The molecule has 0 radical (unpaired) electrons. The quantitative estimate of drug-likeness (QED) is 0.391. The van der Waals surface area contributed by atoms with Crippen molar-refractivity contribution in [1.29, 1.82) is 0 Å². The average molecular weight is 382 g/mol. The van der Waals surface area contributed by atoms with Gasteiger partial charge in [-0.25, -0.2) is 4.68 Å². The van der Waals surface area contributed by atoms with Crippen molar-refractivity contribution in [1.82, 2.24) is 19.3 Å². The number of aromatic nitrogens is 4. The molecule has 1 atom stereocenters. The van der Waals surface area contributed by atoms with Crippen molar-refractivity contribution in [3.8, 4) is 11.4 Å². The molecule has 2 aromatic heterocycles. The van der Waals surface area contributed by atoms with Crippen LogP contribution >= 0.6 is 12.2 Å². The van der Waals surface area contributed by atoms with Crippen molar-refractivity contribution in [2.45, 2.75) is 26.1 Å². The number of pyridine rings is 1. The van der Waals surface area contributed by atoms with E-state index in [2.05, 4.69) is 21.9 Å². The number of benzene rings is 1. The first-order chi connectivity index (χ1) is 13.0. The summed E-state index contributed by atoms with van der Waals surface area (Å²) < 4.78 is 4.26. The summed E-state index contributed by atoms with van der Waals surface area (Å²) >= 11 is 5.57. The minimum Gasteiger partial charge on any atom is -0.349 e. The number of anilines is 1. The number of hydrogen-bond acceptors (Lipinski definition) is 6. The Balaban J connectivity index is 1.68. The van der Waals surface area contributed by atoms with Gasteiger partial charge in [0.1, 0.15) is 6.67 Å². The van der Waals surface area contributed by atoms with Crippen LogP contribution in [0.1, 0.15) is 12.5 Å². The third-order valence-corrected chi connectivity index (χ3v) is 5.36. The van der Waals surface area contributed by atoms with Crippen LogP contribution in [-0.4, -0.2) is 30.3 Å². The lowest BCUT2D eigenvalue weighted by Crippen LogP contribution is -2.32. The van der Waals surface area contributed by atoms with E-state index in [4.69, 9.17) is 12.2 Å². The predicted octanol–water partition coefficient (Wildman–Crippen LogP) is 3.33. The topological polar surface area (TPSA) is 82.0 Å². The second-order valence-corrected chi connectivity index (χ2v) is 7.01. The van der Waals surface area contributed by atoms with Crippen molar-refractivity contribution in [3.05, 3.63) is 63.2 Å². The van der Waals surface area contributed by atoms with Crippen LogP contribution in [0.25, 0.3) is 11.4 Å². The summed E-state index contributed by atoms with van der Waals surface area (Å²) in [5.74, 6) is 0.754. The molecule has 1 aliphatic heterocycles. The maximum absolute atomic E-state index is 11.0. The lowest BCUT2D eigenvalue weighted by Gasteiger charge is -2.24. The largest absolute Gasteiger partial charge is 0.349 e. The number of nitrogens with zero attached hydrogens (tertiary/aromatic N) is 6. The van der Waals surface area contributed by atoms with E-state index in [-0.39, 0.29) is 16.7 Å². The van der Waals surface area contributed by atoms with Crippen molar-refractivity contribution < 1.29 is 4.92 Å². The lowest BCUT2D eigenvalue weighted by atomic mass is 10.1. The molecule has 0 aliphatic carbocycles. The Bertz CT molecular complexity index is 1080. The summed E-state index contributed by atoms with van der Waals surface area (Å²) in [5.41, 5.74) is 2.99. The van der Waals surface area contributed by atoms with Crippen molar-refractivity contribution >= 4 is 23.6 Å². The van der Waals surface area contributed by atoms with Crippen LogP contribution in [0.15, 0.2) is 42.7 Å². The van der Waals surface area contributed by atoms with Crippen LogP contribution < -0.4 is 4.90 Å². The molecule has 0 fully saturated rings. The Morgan fingerprint density at radius 1 is 1.37 bits per heavy atom. The predicted molar refractivity (Wildman–Crippen MR) is 104 cm³/mol. The highest BCUT2D eigenvalue weighted by atomic mass is 32.1. The molecule has 0 saturated heterocycles. The molecule has 27 heavy (non-hydrogen) atoms. The third kappa shape index (κ3) is 2.99. The molecule has 9 heteroatoms. The summed E-state index contributed by atoms with van der Waals surface area (Å²) in [5, 5.41) is 15.7. The SMILES string of the molecule is C[C@@H]1Cc2cc([N+](=O)[O-])ccc2N1Cn1nc(-c2cccnc2)n(C)c1=S. The highest BCUT2D eigenvalue weighted by molar-refractivity contribution is 7.71. The zero-order chi connectivity index (χ0) is 19.1. The third-order valence-electron chi connectivity index (χ3n) is 4.88. The monoisotopic (exact) mass is 382 g/mol. The van der Waals surface area contributed by atoms with Crippen LogP contribution in [0.5, 0.6) is 0 Å². The summed E-state index contributed by atoms with van der Waals surface area (Å²) in [6.45, 7) is 2.58. The number of fused-ring (bicyclic) bond motifs is 1. The summed E-state index contributed by atoms with van der Waals surface area (Å²) in [6.07, 6.45) is 4.23. The standard InChI is InChI=1S/C18H18N6O2S/c1-12-8-14-9-15(24(25)26)5-6-16(14)22(12)11-23-18(27)21(2)17(20-23)13-4-3-7-19-10-13/h3-7,9-10,12H,8,11H2,1-2H3/t12-/m1/s1. The first-order valence-electron chi connectivity index (χ1n) is 8.54. The molecule has 0 saturated carbocycles. The van der Waals surface area contributed by atoms with Crippen molar-refractivity contribution in [3.63, 3.8) is 0 Å². The van der Waals surface area contributed by atoms with Gasteiger partial charge in [-0.05, 0) is 49.3 Å². The van der Waals surface area contributed by atoms with Gasteiger partial charge >= 0.3 is 0 Å². The van der Waals surface area contributed by atoms with E-state index in [0.29, 0.717) is 11.4 Å². The number of rotatable bonds is 4. The van der Waals surface area contributed by atoms with Gasteiger partial charge in [-0.15, -0.1) is 5.10 Å². The highest BCUT2D eigenvalue weighted by Gasteiger charge is 2.28. The first kappa shape index (κ1) is 17.3. The molecule has 3 aromatic rings. The molecular formula is C18H18N6O2S. The smallest absolute Gasteiger partial charge is 0.269 e. The Kier molecular flexibility index (Phi) is 4.23. The molecule has 0 bridgehead atoms. The molecule has 1 aromatic carbocycles. The van der Waals surface area contributed by atoms with Gasteiger partial charge in [0.15, 0.2) is 10.6 Å². The van der Waals surface area contributed by atoms with E-state index in [9.17, 15) is 10.1 Å². The molecule has 8 nitrogen and oxygen atoms in total. The second-order valence-electron chi connectivity index (χ2n) is 6.64. The molecule has 1 aliphatic rings. The van der Waals surface area contributed by atoms with Crippen LogP contribution in [0.2, 0.25) is 0 Å². The van der Waals surface area contributed by atoms with Crippen LogP contribution in [0.3, 0.4) is 0 Å². The van der Waals surface area contributed by atoms with Gasteiger partial charge in [-0.3, -0.25) is 15.1 Å². The minimum atomic E-state index is -0.359. The van der Waals surface area contributed by atoms with E-state index in [1.165, 1.54) is 0 Å². The van der Waals surface area contributed by atoms with E-state index < -0.39 is 0 Å². The molecule has 0 N–H and O–H groups in total. The molecule has 3 heterocycles. The van der Waals surface area contributed by atoms with Gasteiger partial charge in [0.05, 0.1) is 4.92 Å². The number of nitro groups is 1. The van der Waals surface area contributed by atoms with E-state index >= 15 is 0 Å². The summed E-state index contributed by atoms with van der Waals surface area (Å²) in [7, 11) is 1.89. The number of non-ortho nitro benzene ring substituents is 1. The molecular weight excluding hydrogens is 364 g/mol. The van der Waals surface area contributed by atoms with Crippen LogP contribution in [-0.2, 0) is 20.1 Å². The Morgan fingerprint density at radius 3 is 2.89 bits per heavy atom. The fourth-order valence-corrected chi connectivity index (χ4v) is 3.67. The van der Waals surface area contributed by atoms with Gasteiger partial charge in [0, 0.05) is 48.9 Å². The summed E-state index contributed by atoms with van der Waals surface area (Å²) in [6, 6.07) is 9.02. The van der Waals surface area contributed by atoms with Crippen molar-refractivity contribution in [2.75, 3.05) is 4.90 Å². The van der Waals surface area contributed by atoms with Gasteiger partial charge in [-0.2, -0.15) is 0 Å². The Morgan fingerprint density at radius 2 is 2.19 bits per heavy atom.